The zero-order chi connectivity index (χ0) is 10.7. The topological polar surface area (TPSA) is 42.3 Å². The number of hydrazine groups is 1. The van der Waals surface area contributed by atoms with Crippen LogP contribution in [0, 0.1) is 0 Å². The van der Waals surface area contributed by atoms with E-state index in [0.717, 1.165) is 31.9 Å². The van der Waals surface area contributed by atoms with Gasteiger partial charge in [0.2, 0.25) is 0 Å². The molecule has 1 saturated heterocycles. The third-order valence-electron chi connectivity index (χ3n) is 2.68. The van der Waals surface area contributed by atoms with E-state index in [0.29, 0.717) is 5.69 Å². The van der Waals surface area contributed by atoms with Gasteiger partial charge in [0.05, 0.1) is 5.69 Å². The Morgan fingerprint density at radius 3 is 2.27 bits per heavy atom. The molecule has 4 heteroatoms. The predicted octanol–water partition coefficient (Wildman–Crippen LogP) is 1.18. The molecule has 1 aromatic carbocycles. The summed E-state index contributed by atoms with van der Waals surface area (Å²) < 4.78 is 0. The van der Waals surface area contributed by atoms with E-state index in [1.165, 1.54) is 0 Å². The standard InChI is InChI=1S/C11H17N4/c1-14-6-8-15(9-7-14)13-11-4-2-10(12)3-5-11/h2-5,12-13H,6-9H2,1H3. The van der Waals surface area contributed by atoms with Gasteiger partial charge in [-0.3, -0.25) is 0 Å². The van der Waals surface area contributed by atoms with Crippen LogP contribution in [0.2, 0.25) is 0 Å². The van der Waals surface area contributed by atoms with Crippen LogP contribution < -0.4 is 11.2 Å². The fraction of sp³-hybridized carbons (Fsp3) is 0.455. The lowest BCUT2D eigenvalue weighted by atomic mass is 10.3. The summed E-state index contributed by atoms with van der Waals surface area (Å²) in [5, 5.41) is 2.22. The molecule has 1 heterocycles. The van der Waals surface area contributed by atoms with Gasteiger partial charge in [0, 0.05) is 31.9 Å². The number of hydrogen-bond donors (Lipinski definition) is 1. The summed E-state index contributed by atoms with van der Waals surface area (Å²) in [6, 6.07) is 7.50. The average molecular weight is 205 g/mol. The van der Waals surface area contributed by atoms with E-state index in [1.54, 1.807) is 12.1 Å². The van der Waals surface area contributed by atoms with Gasteiger partial charge in [0.1, 0.15) is 0 Å². The molecular formula is C11H17N4. The van der Waals surface area contributed by atoms with Crippen molar-refractivity contribution in [2.75, 3.05) is 38.7 Å². The SMILES string of the molecule is CN1CCN(Nc2ccc([NH])cc2)CC1. The maximum atomic E-state index is 7.39. The third-order valence-corrected chi connectivity index (χ3v) is 2.68. The first kappa shape index (κ1) is 10.3. The van der Waals surface area contributed by atoms with Gasteiger partial charge < -0.3 is 16.1 Å². The average Bonchev–Trinajstić information content (AvgIpc) is 2.25. The van der Waals surface area contributed by atoms with Crippen molar-refractivity contribution in [2.24, 2.45) is 0 Å². The van der Waals surface area contributed by atoms with Gasteiger partial charge in [0.25, 0.3) is 0 Å². The number of anilines is 1. The van der Waals surface area contributed by atoms with Crippen LogP contribution in [0.4, 0.5) is 11.4 Å². The van der Waals surface area contributed by atoms with Crippen molar-refractivity contribution >= 4 is 11.4 Å². The van der Waals surface area contributed by atoms with Crippen LogP contribution in [-0.2, 0) is 0 Å². The summed E-state index contributed by atoms with van der Waals surface area (Å²) in [5.41, 5.74) is 12.4. The summed E-state index contributed by atoms with van der Waals surface area (Å²) in [5.74, 6) is 0. The van der Waals surface area contributed by atoms with Crippen molar-refractivity contribution in [2.45, 2.75) is 0 Å². The van der Waals surface area contributed by atoms with Crippen molar-refractivity contribution in [3.63, 3.8) is 0 Å². The fourth-order valence-corrected chi connectivity index (χ4v) is 1.65. The third kappa shape index (κ3) is 2.84. The van der Waals surface area contributed by atoms with E-state index < -0.39 is 0 Å². The smallest absolute Gasteiger partial charge is 0.0541 e. The number of piperazine rings is 1. The Morgan fingerprint density at radius 1 is 1.07 bits per heavy atom. The molecule has 0 unspecified atom stereocenters. The van der Waals surface area contributed by atoms with Crippen LogP contribution in [-0.4, -0.2) is 43.1 Å². The largest absolute Gasteiger partial charge is 0.319 e. The van der Waals surface area contributed by atoms with Crippen molar-refractivity contribution < 1.29 is 0 Å². The summed E-state index contributed by atoms with van der Waals surface area (Å²) in [6.07, 6.45) is 0. The van der Waals surface area contributed by atoms with Gasteiger partial charge in [-0.05, 0) is 31.3 Å². The molecule has 0 spiro atoms. The van der Waals surface area contributed by atoms with E-state index in [4.69, 9.17) is 5.73 Å². The highest BCUT2D eigenvalue weighted by Crippen LogP contribution is 2.13. The molecule has 0 saturated carbocycles. The highest BCUT2D eigenvalue weighted by Gasteiger charge is 2.12. The molecule has 0 amide bonds. The highest BCUT2D eigenvalue weighted by atomic mass is 15.5. The van der Waals surface area contributed by atoms with Gasteiger partial charge in [-0.15, -0.1) is 0 Å². The van der Waals surface area contributed by atoms with Gasteiger partial charge in [0.15, 0.2) is 0 Å². The van der Waals surface area contributed by atoms with Crippen LogP contribution in [0.25, 0.3) is 0 Å². The number of hydrogen-bond acceptors (Lipinski definition) is 3. The Hall–Kier alpha value is -1.26. The fourth-order valence-electron chi connectivity index (χ4n) is 1.65. The Bertz CT molecular complexity index is 301. The van der Waals surface area contributed by atoms with E-state index in [-0.39, 0.29) is 0 Å². The van der Waals surface area contributed by atoms with Crippen molar-refractivity contribution in [3.8, 4) is 0 Å². The second-order valence-electron chi connectivity index (χ2n) is 3.98. The Morgan fingerprint density at radius 2 is 1.67 bits per heavy atom. The van der Waals surface area contributed by atoms with E-state index in [1.807, 2.05) is 12.1 Å². The van der Waals surface area contributed by atoms with Crippen LogP contribution in [0.5, 0.6) is 0 Å². The lowest BCUT2D eigenvalue weighted by Crippen LogP contribution is -2.46. The van der Waals surface area contributed by atoms with Crippen molar-refractivity contribution in [1.29, 1.82) is 0 Å². The molecule has 4 nitrogen and oxygen atoms in total. The number of nitrogens with one attached hydrogen (secondary N) is 2. The zero-order valence-corrected chi connectivity index (χ0v) is 9.03. The lowest BCUT2D eigenvalue weighted by molar-refractivity contribution is 0.179. The molecule has 0 atom stereocenters. The molecule has 0 aromatic heterocycles. The number of rotatable bonds is 2. The minimum Gasteiger partial charge on any atom is -0.319 e. The molecule has 1 fully saturated rings. The normalized spacial score (nSPS) is 19.0. The summed E-state index contributed by atoms with van der Waals surface area (Å²) in [4.78, 5) is 2.32. The molecule has 2 rings (SSSR count). The number of nitrogens with zero attached hydrogens (tertiary/aromatic N) is 2. The Kier molecular flexibility index (Phi) is 3.08. The van der Waals surface area contributed by atoms with Crippen molar-refractivity contribution in [1.82, 2.24) is 15.6 Å². The van der Waals surface area contributed by atoms with Gasteiger partial charge in [-0.25, -0.2) is 5.01 Å². The monoisotopic (exact) mass is 205 g/mol. The molecule has 81 valence electrons. The highest BCUT2D eigenvalue weighted by molar-refractivity contribution is 5.49. The molecule has 0 aliphatic carbocycles. The maximum absolute atomic E-state index is 7.39. The minimum atomic E-state index is 0.555. The Balaban J connectivity index is 1.89. The minimum absolute atomic E-state index is 0.555. The van der Waals surface area contributed by atoms with Crippen molar-refractivity contribution in [3.05, 3.63) is 24.3 Å². The van der Waals surface area contributed by atoms with Gasteiger partial charge >= 0.3 is 0 Å². The van der Waals surface area contributed by atoms with Crippen LogP contribution in [0.3, 0.4) is 0 Å². The van der Waals surface area contributed by atoms with Crippen LogP contribution in [0.15, 0.2) is 24.3 Å². The molecular weight excluding hydrogens is 188 g/mol. The van der Waals surface area contributed by atoms with Gasteiger partial charge in [-0.2, -0.15) is 0 Å². The summed E-state index contributed by atoms with van der Waals surface area (Å²) >= 11 is 0. The zero-order valence-electron chi connectivity index (χ0n) is 9.03. The molecule has 15 heavy (non-hydrogen) atoms. The first-order valence-corrected chi connectivity index (χ1v) is 5.26. The van der Waals surface area contributed by atoms with Crippen LogP contribution in [0.1, 0.15) is 0 Å². The predicted molar refractivity (Wildman–Crippen MR) is 61.9 cm³/mol. The second kappa shape index (κ2) is 4.51. The molecule has 1 aliphatic rings. The number of benzene rings is 1. The van der Waals surface area contributed by atoms with E-state index >= 15 is 0 Å². The molecule has 1 radical (unpaired) electrons. The second-order valence-corrected chi connectivity index (χ2v) is 3.98. The summed E-state index contributed by atoms with van der Waals surface area (Å²) in [7, 11) is 2.15. The molecule has 2 N–H and O–H groups in total. The molecule has 0 bridgehead atoms. The van der Waals surface area contributed by atoms with Gasteiger partial charge in [-0.1, -0.05) is 0 Å². The molecule has 1 aliphatic heterocycles. The number of likely N-dealkylation sites (N-methyl/N-ethyl adjacent to an activating group) is 1. The Labute approximate surface area is 90.6 Å². The lowest BCUT2D eigenvalue weighted by Gasteiger charge is -2.33. The summed E-state index contributed by atoms with van der Waals surface area (Å²) in [6.45, 7) is 4.28. The van der Waals surface area contributed by atoms with E-state index in [9.17, 15) is 0 Å². The maximum Gasteiger partial charge on any atom is 0.0541 e. The first-order valence-electron chi connectivity index (χ1n) is 5.26. The molecule has 1 aromatic rings. The van der Waals surface area contributed by atoms with Crippen LogP contribution >= 0.6 is 0 Å². The quantitative estimate of drug-likeness (QED) is 0.788. The first-order chi connectivity index (χ1) is 7.24. The van der Waals surface area contributed by atoms with E-state index in [2.05, 4.69) is 22.4 Å².